The van der Waals surface area contributed by atoms with Crippen LogP contribution in [0, 0.1) is 0 Å². The molecule has 104 valence electrons. The highest BCUT2D eigenvalue weighted by atomic mass is 16.1. The van der Waals surface area contributed by atoms with E-state index in [0.717, 1.165) is 13.1 Å². The van der Waals surface area contributed by atoms with E-state index in [1.54, 1.807) is 12.1 Å². The molecule has 0 radical (unpaired) electrons. The molecule has 1 fully saturated rings. The van der Waals surface area contributed by atoms with Crippen LogP contribution in [-0.2, 0) is 0 Å². The molecule has 0 saturated carbocycles. The molecule has 1 atom stereocenters. The average molecular weight is 262 g/mol. The molecule has 1 aromatic rings. The Labute approximate surface area is 114 Å². The third kappa shape index (κ3) is 3.45. The van der Waals surface area contributed by atoms with Crippen LogP contribution in [-0.4, -0.2) is 36.5 Å². The summed E-state index contributed by atoms with van der Waals surface area (Å²) in [5.74, 6) is 5.32. The van der Waals surface area contributed by atoms with Crippen LogP contribution in [0.2, 0.25) is 0 Å². The molecule has 1 amide bonds. The Bertz CT molecular complexity index is 429. The largest absolute Gasteiger partial charge is 0.350 e. The SMILES string of the molecule is CC(CNC(=O)c1ccccc1NN)N1CCCC1. The van der Waals surface area contributed by atoms with Crippen molar-refractivity contribution in [1.29, 1.82) is 0 Å². The van der Waals surface area contributed by atoms with Gasteiger partial charge in [-0.1, -0.05) is 12.1 Å². The molecule has 1 aromatic carbocycles. The lowest BCUT2D eigenvalue weighted by atomic mass is 10.1. The second kappa shape index (κ2) is 6.54. The highest BCUT2D eigenvalue weighted by Crippen LogP contribution is 2.14. The van der Waals surface area contributed by atoms with Crippen molar-refractivity contribution < 1.29 is 4.79 Å². The van der Waals surface area contributed by atoms with Gasteiger partial charge in [-0.25, -0.2) is 0 Å². The lowest BCUT2D eigenvalue weighted by molar-refractivity contribution is 0.0941. The fraction of sp³-hybridized carbons (Fsp3) is 0.500. The van der Waals surface area contributed by atoms with E-state index in [2.05, 4.69) is 22.6 Å². The second-order valence-electron chi connectivity index (χ2n) is 4.99. The van der Waals surface area contributed by atoms with E-state index in [1.807, 2.05) is 12.1 Å². The molecular weight excluding hydrogens is 240 g/mol. The zero-order chi connectivity index (χ0) is 13.7. The van der Waals surface area contributed by atoms with Gasteiger partial charge in [0.1, 0.15) is 0 Å². The first-order valence-electron chi connectivity index (χ1n) is 6.80. The number of carbonyl (C=O) groups excluding carboxylic acids is 1. The number of benzene rings is 1. The van der Waals surface area contributed by atoms with Gasteiger partial charge in [0.25, 0.3) is 5.91 Å². The van der Waals surface area contributed by atoms with Gasteiger partial charge in [0.2, 0.25) is 0 Å². The van der Waals surface area contributed by atoms with E-state index in [-0.39, 0.29) is 5.91 Å². The van der Waals surface area contributed by atoms with Crippen molar-refractivity contribution in [3.8, 4) is 0 Å². The Morgan fingerprint density at radius 2 is 2.05 bits per heavy atom. The summed E-state index contributed by atoms with van der Waals surface area (Å²) in [5.41, 5.74) is 3.78. The molecular formula is C14H22N4O. The average Bonchev–Trinajstić information content (AvgIpc) is 2.98. The number of hydrogen-bond acceptors (Lipinski definition) is 4. The van der Waals surface area contributed by atoms with Crippen LogP contribution in [0.5, 0.6) is 0 Å². The summed E-state index contributed by atoms with van der Waals surface area (Å²) in [4.78, 5) is 14.5. The predicted octanol–water partition coefficient (Wildman–Crippen LogP) is 1.19. The Morgan fingerprint density at radius 3 is 2.74 bits per heavy atom. The molecule has 1 aliphatic heterocycles. The number of anilines is 1. The summed E-state index contributed by atoms with van der Waals surface area (Å²) in [6.45, 7) is 5.09. The molecule has 0 bridgehead atoms. The summed E-state index contributed by atoms with van der Waals surface area (Å²) in [6, 6.07) is 7.62. The lowest BCUT2D eigenvalue weighted by Crippen LogP contribution is -2.40. The quantitative estimate of drug-likeness (QED) is 0.550. The number of para-hydroxylation sites is 1. The van der Waals surface area contributed by atoms with Gasteiger partial charge >= 0.3 is 0 Å². The van der Waals surface area contributed by atoms with Gasteiger partial charge in [0.15, 0.2) is 0 Å². The molecule has 0 spiro atoms. The zero-order valence-electron chi connectivity index (χ0n) is 11.4. The molecule has 5 heteroatoms. The monoisotopic (exact) mass is 262 g/mol. The Balaban J connectivity index is 1.90. The maximum Gasteiger partial charge on any atom is 0.253 e. The van der Waals surface area contributed by atoms with Crippen LogP contribution < -0.4 is 16.6 Å². The Hall–Kier alpha value is -1.59. The zero-order valence-corrected chi connectivity index (χ0v) is 11.4. The van der Waals surface area contributed by atoms with Crippen molar-refractivity contribution in [2.24, 2.45) is 5.84 Å². The van der Waals surface area contributed by atoms with E-state index in [4.69, 9.17) is 5.84 Å². The molecule has 1 saturated heterocycles. The van der Waals surface area contributed by atoms with Gasteiger partial charge < -0.3 is 10.7 Å². The van der Waals surface area contributed by atoms with Crippen molar-refractivity contribution in [2.75, 3.05) is 25.1 Å². The topological polar surface area (TPSA) is 70.4 Å². The first kappa shape index (κ1) is 13.8. The molecule has 1 heterocycles. The fourth-order valence-corrected chi connectivity index (χ4v) is 2.45. The molecule has 5 nitrogen and oxygen atoms in total. The molecule has 0 aliphatic carbocycles. The third-order valence-corrected chi connectivity index (χ3v) is 3.65. The molecule has 1 aliphatic rings. The number of nitrogens with one attached hydrogen (secondary N) is 2. The standard InChI is InChI=1S/C14H22N4O/c1-11(18-8-4-5-9-18)10-16-14(19)12-6-2-3-7-13(12)17-15/h2-3,6-7,11,17H,4-5,8-10,15H2,1H3,(H,16,19). The van der Waals surface area contributed by atoms with Crippen molar-refractivity contribution >= 4 is 11.6 Å². The number of hydrazine groups is 1. The Morgan fingerprint density at radius 1 is 1.37 bits per heavy atom. The van der Waals surface area contributed by atoms with Crippen LogP contribution in [0.4, 0.5) is 5.69 Å². The Kier molecular flexibility index (Phi) is 4.76. The number of carbonyl (C=O) groups is 1. The van der Waals surface area contributed by atoms with Gasteiger partial charge in [-0.2, -0.15) is 0 Å². The second-order valence-corrected chi connectivity index (χ2v) is 4.99. The fourth-order valence-electron chi connectivity index (χ4n) is 2.45. The highest BCUT2D eigenvalue weighted by Gasteiger charge is 2.19. The van der Waals surface area contributed by atoms with Gasteiger partial charge in [-0.3, -0.25) is 15.5 Å². The van der Waals surface area contributed by atoms with Gasteiger partial charge in [-0.15, -0.1) is 0 Å². The molecule has 19 heavy (non-hydrogen) atoms. The van der Waals surface area contributed by atoms with Crippen molar-refractivity contribution in [3.63, 3.8) is 0 Å². The van der Waals surface area contributed by atoms with E-state index in [9.17, 15) is 4.79 Å². The number of rotatable bonds is 5. The van der Waals surface area contributed by atoms with Crippen LogP contribution >= 0.6 is 0 Å². The summed E-state index contributed by atoms with van der Waals surface area (Å²) in [7, 11) is 0. The number of nitrogen functional groups attached to an aromatic ring is 1. The summed E-state index contributed by atoms with van der Waals surface area (Å²) in [5, 5.41) is 2.97. The first-order chi connectivity index (χ1) is 9.22. The van der Waals surface area contributed by atoms with Crippen molar-refractivity contribution in [3.05, 3.63) is 29.8 Å². The maximum absolute atomic E-state index is 12.1. The highest BCUT2D eigenvalue weighted by molar-refractivity contribution is 5.99. The minimum atomic E-state index is -0.0837. The van der Waals surface area contributed by atoms with Crippen LogP contribution in [0.3, 0.4) is 0 Å². The predicted molar refractivity (Wildman–Crippen MR) is 76.9 cm³/mol. The summed E-state index contributed by atoms with van der Waals surface area (Å²) in [6.07, 6.45) is 2.52. The van der Waals surface area contributed by atoms with Gasteiger partial charge in [0.05, 0.1) is 11.3 Å². The van der Waals surface area contributed by atoms with Crippen LogP contribution in [0.1, 0.15) is 30.1 Å². The molecule has 0 aromatic heterocycles. The minimum absolute atomic E-state index is 0.0837. The van der Waals surface area contributed by atoms with Crippen molar-refractivity contribution in [2.45, 2.75) is 25.8 Å². The third-order valence-electron chi connectivity index (χ3n) is 3.65. The van der Waals surface area contributed by atoms with Gasteiger partial charge in [-0.05, 0) is 45.0 Å². The minimum Gasteiger partial charge on any atom is -0.350 e. The first-order valence-corrected chi connectivity index (χ1v) is 6.80. The van der Waals surface area contributed by atoms with Crippen LogP contribution in [0.25, 0.3) is 0 Å². The van der Waals surface area contributed by atoms with E-state index in [1.165, 1.54) is 12.8 Å². The van der Waals surface area contributed by atoms with Crippen molar-refractivity contribution in [1.82, 2.24) is 10.2 Å². The summed E-state index contributed by atoms with van der Waals surface area (Å²) < 4.78 is 0. The number of nitrogens with zero attached hydrogens (tertiary/aromatic N) is 1. The summed E-state index contributed by atoms with van der Waals surface area (Å²) >= 11 is 0. The molecule has 2 rings (SSSR count). The maximum atomic E-state index is 12.1. The van der Waals surface area contributed by atoms with Crippen LogP contribution in [0.15, 0.2) is 24.3 Å². The smallest absolute Gasteiger partial charge is 0.253 e. The number of likely N-dealkylation sites (tertiary alicyclic amines) is 1. The normalized spacial score (nSPS) is 17.2. The number of amides is 1. The van der Waals surface area contributed by atoms with E-state index < -0.39 is 0 Å². The molecule has 1 unspecified atom stereocenters. The van der Waals surface area contributed by atoms with E-state index >= 15 is 0 Å². The van der Waals surface area contributed by atoms with E-state index in [0.29, 0.717) is 23.8 Å². The van der Waals surface area contributed by atoms with Gasteiger partial charge in [0, 0.05) is 12.6 Å². The molecule has 4 N–H and O–H groups in total. The number of nitrogens with two attached hydrogens (primary N) is 1. The lowest BCUT2D eigenvalue weighted by Gasteiger charge is -2.24. The number of hydrogen-bond donors (Lipinski definition) is 3.